The number of anilines is 3. The van der Waals surface area contributed by atoms with Crippen molar-refractivity contribution in [3.05, 3.63) is 88.1 Å². The molecule has 3 aromatic carbocycles. The predicted molar refractivity (Wildman–Crippen MR) is 139 cm³/mol. The Balaban J connectivity index is 1.57. The van der Waals surface area contributed by atoms with Gasteiger partial charge in [0, 0.05) is 17.3 Å². The van der Waals surface area contributed by atoms with Gasteiger partial charge in [-0.3, -0.25) is 14.4 Å². The lowest BCUT2D eigenvalue weighted by Crippen LogP contribution is -2.33. The van der Waals surface area contributed by atoms with E-state index in [1.54, 1.807) is 54.6 Å². The molecule has 0 bridgehead atoms. The van der Waals surface area contributed by atoms with Gasteiger partial charge in [-0.15, -0.1) is 0 Å². The van der Waals surface area contributed by atoms with Crippen LogP contribution >= 0.6 is 11.6 Å². The lowest BCUT2D eigenvalue weighted by molar-refractivity contribution is -0.120. The van der Waals surface area contributed by atoms with E-state index < -0.39 is 17.7 Å². The van der Waals surface area contributed by atoms with Crippen molar-refractivity contribution in [2.45, 2.75) is 13.8 Å². The number of ether oxygens (including phenoxy) is 2. The minimum atomic E-state index is -0.614. The predicted octanol–water partition coefficient (Wildman–Crippen LogP) is 5.01. The first-order chi connectivity index (χ1) is 17.2. The van der Waals surface area contributed by atoms with E-state index in [-0.39, 0.29) is 10.7 Å². The van der Waals surface area contributed by atoms with Gasteiger partial charge in [-0.05, 0) is 61.4 Å². The molecule has 36 heavy (non-hydrogen) atoms. The number of hydrogen-bond acceptors (Lipinski definition) is 6. The van der Waals surface area contributed by atoms with Crippen molar-refractivity contribution >= 4 is 46.4 Å². The maximum atomic E-state index is 13.2. The van der Waals surface area contributed by atoms with E-state index in [1.807, 2.05) is 19.9 Å². The van der Waals surface area contributed by atoms with Gasteiger partial charge in [-0.2, -0.15) is 0 Å². The van der Waals surface area contributed by atoms with Crippen molar-refractivity contribution < 1.29 is 23.9 Å². The average molecular weight is 506 g/mol. The van der Waals surface area contributed by atoms with Crippen LogP contribution in [0.4, 0.5) is 17.1 Å². The molecule has 0 radical (unpaired) electrons. The first kappa shape index (κ1) is 24.8. The number of nitrogens with zero attached hydrogens (tertiary/aromatic N) is 1. The maximum absolute atomic E-state index is 13.2. The van der Waals surface area contributed by atoms with Gasteiger partial charge in [0.1, 0.15) is 22.2 Å². The molecule has 0 aliphatic carbocycles. The second-order valence-electron chi connectivity index (χ2n) is 8.08. The summed E-state index contributed by atoms with van der Waals surface area (Å²) in [5.74, 6) is -0.569. The summed E-state index contributed by atoms with van der Waals surface area (Å²) < 4.78 is 10.5. The molecule has 0 aromatic heterocycles. The molecule has 3 amide bonds. The summed E-state index contributed by atoms with van der Waals surface area (Å²) in [5.41, 5.74) is 3.32. The van der Waals surface area contributed by atoms with Gasteiger partial charge in [-0.1, -0.05) is 29.8 Å². The third-order valence-corrected chi connectivity index (χ3v) is 6.24. The minimum Gasteiger partial charge on any atom is -0.497 e. The van der Waals surface area contributed by atoms with Crippen LogP contribution < -0.4 is 25.0 Å². The van der Waals surface area contributed by atoms with E-state index in [0.717, 1.165) is 16.0 Å². The highest BCUT2D eigenvalue weighted by Crippen LogP contribution is 2.33. The Morgan fingerprint density at radius 3 is 2.39 bits per heavy atom. The summed E-state index contributed by atoms with van der Waals surface area (Å²) in [4.78, 5) is 40.1. The molecule has 1 heterocycles. The molecular formula is C27H24ClN3O5. The second-order valence-corrected chi connectivity index (χ2v) is 8.46. The van der Waals surface area contributed by atoms with Crippen LogP contribution in [-0.4, -0.2) is 31.9 Å². The molecule has 0 unspecified atom stereocenters. The van der Waals surface area contributed by atoms with Crippen LogP contribution in [0.3, 0.4) is 0 Å². The van der Waals surface area contributed by atoms with Gasteiger partial charge in [0.25, 0.3) is 17.7 Å². The van der Waals surface area contributed by atoms with E-state index in [0.29, 0.717) is 34.1 Å². The molecule has 0 saturated heterocycles. The molecule has 8 nitrogen and oxygen atoms in total. The van der Waals surface area contributed by atoms with Gasteiger partial charge >= 0.3 is 0 Å². The Morgan fingerprint density at radius 2 is 1.67 bits per heavy atom. The largest absolute Gasteiger partial charge is 0.497 e. The third-order valence-electron chi connectivity index (χ3n) is 5.89. The minimum absolute atomic E-state index is 0.0606. The van der Waals surface area contributed by atoms with E-state index in [4.69, 9.17) is 21.1 Å². The number of halogens is 1. The fraction of sp³-hybridized carbons (Fsp3) is 0.148. The van der Waals surface area contributed by atoms with E-state index >= 15 is 0 Å². The Bertz CT molecular complexity index is 1420. The number of nitrogens with one attached hydrogen (secondary N) is 2. The monoisotopic (exact) mass is 505 g/mol. The van der Waals surface area contributed by atoms with Crippen LogP contribution in [0.25, 0.3) is 0 Å². The van der Waals surface area contributed by atoms with Gasteiger partial charge in [0.15, 0.2) is 0 Å². The van der Waals surface area contributed by atoms with Crippen molar-refractivity contribution in [2.24, 2.45) is 0 Å². The van der Waals surface area contributed by atoms with Crippen molar-refractivity contribution in [1.82, 2.24) is 0 Å². The number of hydrogen-bond donors (Lipinski definition) is 2. The molecule has 0 fully saturated rings. The number of benzene rings is 3. The standard InChI is InChI=1S/C27H24ClN3O5/c1-15-7-5-10-21(16(15)2)31-26(33)23(28)24(27(31)34)29-18-9-6-8-17(13-18)25(32)30-20-14-19(35-3)11-12-22(20)36-4/h5-14,29H,1-4H3,(H,30,32). The summed E-state index contributed by atoms with van der Waals surface area (Å²) in [5, 5.41) is 5.49. The Hall–Kier alpha value is -4.30. The lowest BCUT2D eigenvalue weighted by atomic mass is 10.1. The number of amides is 3. The van der Waals surface area contributed by atoms with Crippen molar-refractivity contribution in [3.63, 3.8) is 0 Å². The molecule has 0 atom stereocenters. The molecular weight excluding hydrogens is 482 g/mol. The third kappa shape index (κ3) is 4.63. The lowest BCUT2D eigenvalue weighted by Gasteiger charge is -2.18. The number of rotatable bonds is 7. The second kappa shape index (κ2) is 10.1. The summed E-state index contributed by atoms with van der Waals surface area (Å²) in [7, 11) is 3.03. The smallest absolute Gasteiger partial charge is 0.283 e. The first-order valence-corrected chi connectivity index (χ1v) is 11.4. The van der Waals surface area contributed by atoms with Crippen LogP contribution in [0.15, 0.2) is 71.4 Å². The Kier molecular flexibility index (Phi) is 6.98. The number of carbonyl (C=O) groups excluding carboxylic acids is 3. The summed E-state index contributed by atoms with van der Waals surface area (Å²) in [6, 6.07) is 16.9. The Morgan fingerprint density at radius 1 is 0.917 bits per heavy atom. The average Bonchev–Trinajstić information content (AvgIpc) is 3.08. The molecule has 2 N–H and O–H groups in total. The zero-order valence-electron chi connectivity index (χ0n) is 20.1. The van der Waals surface area contributed by atoms with Crippen LogP contribution in [-0.2, 0) is 9.59 Å². The van der Waals surface area contributed by atoms with Crippen LogP contribution in [0.1, 0.15) is 21.5 Å². The number of imide groups is 1. The molecule has 184 valence electrons. The highest BCUT2D eigenvalue weighted by Gasteiger charge is 2.39. The molecule has 1 aliphatic rings. The van der Waals surface area contributed by atoms with E-state index in [2.05, 4.69) is 10.6 Å². The van der Waals surface area contributed by atoms with Crippen molar-refractivity contribution in [1.29, 1.82) is 0 Å². The highest BCUT2D eigenvalue weighted by molar-refractivity contribution is 6.53. The molecule has 4 rings (SSSR count). The molecule has 1 aliphatic heterocycles. The van der Waals surface area contributed by atoms with Crippen LogP contribution in [0.2, 0.25) is 0 Å². The first-order valence-electron chi connectivity index (χ1n) is 11.0. The molecule has 9 heteroatoms. The maximum Gasteiger partial charge on any atom is 0.283 e. The molecule has 0 spiro atoms. The number of methoxy groups -OCH3 is 2. The fourth-order valence-electron chi connectivity index (χ4n) is 3.80. The summed E-state index contributed by atoms with van der Waals surface area (Å²) in [6.45, 7) is 3.74. The van der Waals surface area contributed by atoms with Gasteiger partial charge in [-0.25, -0.2) is 4.90 Å². The number of aryl methyl sites for hydroxylation is 1. The topological polar surface area (TPSA) is 97.0 Å². The van der Waals surface area contributed by atoms with Crippen LogP contribution in [0, 0.1) is 13.8 Å². The summed E-state index contributed by atoms with van der Waals surface area (Å²) in [6.07, 6.45) is 0. The van der Waals surface area contributed by atoms with Crippen molar-refractivity contribution in [3.8, 4) is 11.5 Å². The van der Waals surface area contributed by atoms with E-state index in [1.165, 1.54) is 14.2 Å². The van der Waals surface area contributed by atoms with Gasteiger partial charge in [0.2, 0.25) is 0 Å². The quantitative estimate of drug-likeness (QED) is 0.438. The Labute approximate surface area is 213 Å². The fourth-order valence-corrected chi connectivity index (χ4v) is 4.01. The van der Waals surface area contributed by atoms with Gasteiger partial charge in [0.05, 0.1) is 25.6 Å². The normalized spacial score (nSPS) is 13.2. The highest BCUT2D eigenvalue weighted by atomic mass is 35.5. The molecule has 3 aromatic rings. The van der Waals surface area contributed by atoms with Crippen LogP contribution in [0.5, 0.6) is 11.5 Å². The zero-order chi connectivity index (χ0) is 26.0. The van der Waals surface area contributed by atoms with Gasteiger partial charge < -0.3 is 20.1 Å². The number of carbonyl (C=O) groups is 3. The van der Waals surface area contributed by atoms with E-state index in [9.17, 15) is 14.4 Å². The molecule has 0 saturated carbocycles. The summed E-state index contributed by atoms with van der Waals surface area (Å²) >= 11 is 6.28. The van der Waals surface area contributed by atoms with Crippen molar-refractivity contribution in [2.75, 3.05) is 29.8 Å². The SMILES string of the molecule is COc1ccc(OC)c(NC(=O)c2cccc(NC3=C(Cl)C(=O)N(c4cccc(C)c4C)C3=O)c2)c1. The zero-order valence-corrected chi connectivity index (χ0v) is 20.9.